The van der Waals surface area contributed by atoms with Crippen LogP contribution in [0.25, 0.3) is 0 Å². The summed E-state index contributed by atoms with van der Waals surface area (Å²) in [4.78, 5) is 25.3. The van der Waals surface area contributed by atoms with Crippen molar-refractivity contribution in [1.82, 2.24) is 4.90 Å². The third kappa shape index (κ3) is 4.80. The Hall–Kier alpha value is -2.19. The van der Waals surface area contributed by atoms with Crippen molar-refractivity contribution in [2.75, 3.05) is 19.7 Å². The standard InChI is InChI=1S/C19H22F5NO3/c1-10(2)4-3-9-28-19(27)11-5-7-25(8-6-11)18(26)12-13(20)15(22)17(24)16(23)14(12)21/h10-11H,3-9H2,1-2H3. The van der Waals surface area contributed by atoms with E-state index in [9.17, 15) is 31.5 Å². The highest BCUT2D eigenvalue weighted by Crippen LogP contribution is 2.26. The van der Waals surface area contributed by atoms with E-state index in [1.54, 1.807) is 0 Å². The Bertz CT molecular complexity index is 717. The summed E-state index contributed by atoms with van der Waals surface area (Å²) in [5.41, 5.74) is -1.48. The molecule has 1 saturated heterocycles. The molecule has 0 spiro atoms. The molecule has 0 bridgehead atoms. The van der Waals surface area contributed by atoms with E-state index in [1.165, 1.54) is 0 Å². The van der Waals surface area contributed by atoms with Crippen molar-refractivity contribution in [3.05, 3.63) is 34.6 Å². The number of esters is 1. The zero-order chi connectivity index (χ0) is 21.0. The van der Waals surface area contributed by atoms with Crippen LogP contribution >= 0.6 is 0 Å². The summed E-state index contributed by atoms with van der Waals surface area (Å²) in [6.07, 6.45) is 2.03. The van der Waals surface area contributed by atoms with E-state index < -0.39 is 52.4 Å². The maximum Gasteiger partial charge on any atom is 0.309 e. The quantitative estimate of drug-likeness (QED) is 0.233. The van der Waals surface area contributed by atoms with Crippen LogP contribution in [0.1, 0.15) is 49.9 Å². The van der Waals surface area contributed by atoms with Gasteiger partial charge in [0.25, 0.3) is 5.91 Å². The Morgan fingerprint density at radius 2 is 1.46 bits per heavy atom. The number of hydrogen-bond donors (Lipinski definition) is 0. The van der Waals surface area contributed by atoms with E-state index in [2.05, 4.69) is 13.8 Å². The summed E-state index contributed by atoms with van der Waals surface area (Å²) in [5, 5.41) is 0. The zero-order valence-corrected chi connectivity index (χ0v) is 15.7. The number of amides is 1. The van der Waals surface area contributed by atoms with E-state index in [0.29, 0.717) is 12.5 Å². The fraction of sp³-hybridized carbons (Fsp3) is 0.579. The van der Waals surface area contributed by atoms with Gasteiger partial charge in [0.15, 0.2) is 23.3 Å². The number of nitrogens with zero attached hydrogens (tertiary/aromatic N) is 1. The Morgan fingerprint density at radius 1 is 0.964 bits per heavy atom. The average molecular weight is 407 g/mol. The molecule has 2 rings (SSSR count). The van der Waals surface area contributed by atoms with Gasteiger partial charge in [-0.2, -0.15) is 0 Å². The van der Waals surface area contributed by atoms with Gasteiger partial charge in [0.2, 0.25) is 5.82 Å². The molecule has 0 aliphatic carbocycles. The summed E-state index contributed by atoms with van der Waals surface area (Å²) in [6, 6.07) is 0. The molecule has 1 fully saturated rings. The number of carbonyl (C=O) groups excluding carboxylic acids is 2. The fourth-order valence-electron chi connectivity index (χ4n) is 3.05. The number of ether oxygens (including phenoxy) is 1. The highest BCUT2D eigenvalue weighted by Gasteiger charge is 2.35. The molecule has 0 atom stereocenters. The van der Waals surface area contributed by atoms with Gasteiger partial charge in [0.1, 0.15) is 5.56 Å². The summed E-state index contributed by atoms with van der Waals surface area (Å²) < 4.78 is 72.5. The summed E-state index contributed by atoms with van der Waals surface area (Å²) in [6.45, 7) is 4.30. The van der Waals surface area contributed by atoms with Gasteiger partial charge in [-0.15, -0.1) is 0 Å². The van der Waals surface area contributed by atoms with Crippen molar-refractivity contribution in [3.63, 3.8) is 0 Å². The van der Waals surface area contributed by atoms with Gasteiger partial charge in [-0.25, -0.2) is 22.0 Å². The third-order valence-corrected chi connectivity index (χ3v) is 4.71. The van der Waals surface area contributed by atoms with Crippen molar-refractivity contribution in [3.8, 4) is 0 Å². The van der Waals surface area contributed by atoms with Gasteiger partial charge < -0.3 is 9.64 Å². The normalized spacial score (nSPS) is 15.2. The van der Waals surface area contributed by atoms with Crippen LogP contribution in [0.15, 0.2) is 0 Å². The first-order valence-electron chi connectivity index (χ1n) is 9.12. The molecule has 28 heavy (non-hydrogen) atoms. The van der Waals surface area contributed by atoms with E-state index in [0.717, 1.165) is 17.7 Å². The van der Waals surface area contributed by atoms with Crippen molar-refractivity contribution >= 4 is 11.9 Å². The monoisotopic (exact) mass is 407 g/mol. The van der Waals surface area contributed by atoms with E-state index in [1.807, 2.05) is 0 Å². The number of benzene rings is 1. The zero-order valence-electron chi connectivity index (χ0n) is 15.7. The maximum atomic E-state index is 13.8. The molecule has 4 nitrogen and oxygen atoms in total. The molecule has 1 aromatic rings. The van der Waals surface area contributed by atoms with Crippen LogP contribution in [-0.2, 0) is 9.53 Å². The summed E-state index contributed by atoms with van der Waals surface area (Å²) >= 11 is 0. The van der Waals surface area contributed by atoms with Gasteiger partial charge in [-0.05, 0) is 31.6 Å². The Morgan fingerprint density at radius 3 is 1.96 bits per heavy atom. The second-order valence-corrected chi connectivity index (χ2v) is 7.21. The van der Waals surface area contributed by atoms with Gasteiger partial charge in [-0.1, -0.05) is 13.8 Å². The van der Waals surface area contributed by atoms with E-state index >= 15 is 0 Å². The minimum absolute atomic E-state index is 0.0515. The summed E-state index contributed by atoms with van der Waals surface area (Å²) in [7, 11) is 0. The predicted molar refractivity (Wildman–Crippen MR) is 89.9 cm³/mol. The van der Waals surface area contributed by atoms with Gasteiger partial charge in [0, 0.05) is 13.1 Å². The van der Waals surface area contributed by atoms with Crippen molar-refractivity contribution in [1.29, 1.82) is 0 Å². The van der Waals surface area contributed by atoms with E-state index in [-0.39, 0.29) is 25.9 Å². The smallest absolute Gasteiger partial charge is 0.309 e. The van der Waals surface area contributed by atoms with Crippen molar-refractivity contribution < 1.29 is 36.3 Å². The first kappa shape index (κ1) is 22.1. The minimum atomic E-state index is -2.31. The lowest BCUT2D eigenvalue weighted by atomic mass is 9.96. The van der Waals surface area contributed by atoms with Crippen LogP contribution in [0, 0.1) is 40.9 Å². The maximum absolute atomic E-state index is 13.8. The second-order valence-electron chi connectivity index (χ2n) is 7.21. The molecule has 1 aliphatic heterocycles. The highest BCUT2D eigenvalue weighted by molar-refractivity contribution is 5.95. The molecule has 0 N–H and O–H groups in total. The first-order valence-corrected chi connectivity index (χ1v) is 9.12. The fourth-order valence-corrected chi connectivity index (χ4v) is 3.05. The Labute approximate surface area is 159 Å². The largest absolute Gasteiger partial charge is 0.465 e. The second kappa shape index (κ2) is 9.34. The number of piperidine rings is 1. The molecular formula is C19H22F5NO3. The average Bonchev–Trinajstić information content (AvgIpc) is 2.68. The molecule has 1 aliphatic rings. The van der Waals surface area contributed by atoms with Gasteiger partial charge in [-0.3, -0.25) is 9.59 Å². The topological polar surface area (TPSA) is 46.6 Å². The molecule has 1 amide bonds. The predicted octanol–water partition coefficient (Wildman–Crippen LogP) is 4.21. The van der Waals surface area contributed by atoms with Crippen LogP contribution in [0.2, 0.25) is 0 Å². The molecular weight excluding hydrogens is 385 g/mol. The molecule has 0 aromatic heterocycles. The van der Waals surface area contributed by atoms with Crippen molar-refractivity contribution in [2.45, 2.75) is 39.5 Å². The lowest BCUT2D eigenvalue weighted by Gasteiger charge is -2.31. The van der Waals surface area contributed by atoms with Crippen LogP contribution in [0.3, 0.4) is 0 Å². The van der Waals surface area contributed by atoms with E-state index in [4.69, 9.17) is 4.74 Å². The molecule has 9 heteroatoms. The van der Waals surface area contributed by atoms with Gasteiger partial charge >= 0.3 is 5.97 Å². The van der Waals surface area contributed by atoms with Crippen LogP contribution in [0.4, 0.5) is 22.0 Å². The molecule has 156 valence electrons. The Balaban J connectivity index is 1.97. The lowest BCUT2D eigenvalue weighted by Crippen LogP contribution is -2.41. The SMILES string of the molecule is CC(C)CCCOC(=O)C1CCN(C(=O)c2c(F)c(F)c(F)c(F)c2F)CC1. The van der Waals surface area contributed by atoms with Crippen LogP contribution < -0.4 is 0 Å². The highest BCUT2D eigenvalue weighted by atomic mass is 19.2. The van der Waals surface area contributed by atoms with Crippen LogP contribution in [0.5, 0.6) is 0 Å². The van der Waals surface area contributed by atoms with Crippen LogP contribution in [-0.4, -0.2) is 36.5 Å². The molecule has 0 saturated carbocycles. The number of rotatable bonds is 6. The molecule has 0 unspecified atom stereocenters. The first-order chi connectivity index (χ1) is 13.1. The number of carbonyl (C=O) groups is 2. The minimum Gasteiger partial charge on any atom is -0.465 e. The third-order valence-electron chi connectivity index (χ3n) is 4.71. The molecule has 1 heterocycles. The molecule has 1 aromatic carbocycles. The lowest BCUT2D eigenvalue weighted by molar-refractivity contribution is -0.150. The number of likely N-dealkylation sites (tertiary alicyclic amines) is 1. The Kier molecular flexibility index (Phi) is 7.37. The van der Waals surface area contributed by atoms with Crippen molar-refractivity contribution in [2.24, 2.45) is 11.8 Å². The van der Waals surface area contributed by atoms with Gasteiger partial charge in [0.05, 0.1) is 12.5 Å². The molecule has 0 radical (unpaired) electrons. The number of hydrogen-bond acceptors (Lipinski definition) is 3. The summed E-state index contributed by atoms with van der Waals surface area (Å²) in [5.74, 6) is -12.6. The number of halogens is 5.